The molecule has 0 unspecified atom stereocenters. The van der Waals surface area contributed by atoms with Gasteiger partial charge in [0.1, 0.15) is 0 Å². The summed E-state index contributed by atoms with van der Waals surface area (Å²) in [5.41, 5.74) is 1.67. The average molecular weight is 338 g/mol. The van der Waals surface area contributed by atoms with Crippen molar-refractivity contribution in [2.24, 2.45) is 5.92 Å². The van der Waals surface area contributed by atoms with E-state index in [2.05, 4.69) is 20.1 Å². The molecule has 4 rings (SSSR count). The Kier molecular flexibility index (Phi) is 4.31. The molecule has 0 N–H and O–H groups in total. The number of hydrogen-bond donors (Lipinski definition) is 0. The van der Waals surface area contributed by atoms with Crippen LogP contribution < -0.4 is 5.56 Å². The number of piperidine rings is 1. The average Bonchev–Trinajstić information content (AvgIpc) is 3.04. The van der Waals surface area contributed by atoms with Crippen molar-refractivity contribution < 1.29 is 0 Å². The van der Waals surface area contributed by atoms with Gasteiger partial charge >= 0.3 is 0 Å². The number of pyridine rings is 1. The van der Waals surface area contributed by atoms with E-state index >= 15 is 0 Å². The van der Waals surface area contributed by atoms with Gasteiger partial charge in [-0.15, -0.1) is 10.2 Å². The first-order valence-electron chi connectivity index (χ1n) is 8.73. The van der Waals surface area contributed by atoms with Gasteiger partial charge in [0.2, 0.25) is 0 Å². The predicted octanol–water partition coefficient (Wildman–Crippen LogP) is 1.51. The molecule has 7 nitrogen and oxygen atoms in total. The topological polar surface area (TPSA) is 68.3 Å². The first-order chi connectivity index (χ1) is 12.2. The van der Waals surface area contributed by atoms with E-state index < -0.39 is 0 Å². The van der Waals surface area contributed by atoms with Crippen molar-refractivity contribution in [2.75, 3.05) is 13.1 Å². The molecule has 0 spiro atoms. The molecule has 3 aromatic rings. The third-order valence-electron chi connectivity index (χ3n) is 4.98. The normalized spacial score (nSPS) is 16.5. The number of hydrogen-bond acceptors (Lipinski definition) is 5. The zero-order valence-corrected chi connectivity index (χ0v) is 14.4. The van der Waals surface area contributed by atoms with Crippen molar-refractivity contribution in [1.29, 1.82) is 0 Å². The minimum absolute atomic E-state index is 0.0763. The van der Waals surface area contributed by atoms with Crippen molar-refractivity contribution in [1.82, 2.24) is 29.0 Å². The lowest BCUT2D eigenvalue weighted by Gasteiger charge is -2.31. The maximum Gasteiger partial charge on any atom is 0.256 e. The van der Waals surface area contributed by atoms with Gasteiger partial charge in [0.05, 0.1) is 12.9 Å². The highest BCUT2D eigenvalue weighted by molar-refractivity contribution is 5.36. The molecule has 7 heteroatoms. The van der Waals surface area contributed by atoms with Crippen molar-refractivity contribution >= 4 is 5.65 Å². The minimum Gasteiger partial charge on any atom is -0.299 e. The molecule has 1 fully saturated rings. The van der Waals surface area contributed by atoms with Crippen LogP contribution in [0.25, 0.3) is 5.65 Å². The Bertz CT molecular complexity index is 922. The van der Waals surface area contributed by atoms with E-state index in [1.165, 1.54) is 0 Å². The quantitative estimate of drug-likeness (QED) is 0.721. The lowest BCUT2D eigenvalue weighted by Crippen LogP contribution is -2.36. The summed E-state index contributed by atoms with van der Waals surface area (Å²) < 4.78 is 3.80. The highest BCUT2D eigenvalue weighted by Gasteiger charge is 2.21. The van der Waals surface area contributed by atoms with Crippen molar-refractivity contribution in [3.05, 3.63) is 58.7 Å². The highest BCUT2D eigenvalue weighted by atomic mass is 16.1. The van der Waals surface area contributed by atoms with Crippen molar-refractivity contribution in [2.45, 2.75) is 32.9 Å². The fraction of sp³-hybridized carbons (Fsp3) is 0.444. The molecule has 1 aliphatic rings. The second kappa shape index (κ2) is 6.76. The van der Waals surface area contributed by atoms with Crippen LogP contribution in [0.15, 0.2) is 41.7 Å². The van der Waals surface area contributed by atoms with Gasteiger partial charge in [0.15, 0.2) is 11.5 Å². The second-order valence-electron chi connectivity index (χ2n) is 6.80. The summed E-state index contributed by atoms with van der Waals surface area (Å²) in [6.45, 7) is 5.41. The summed E-state index contributed by atoms with van der Waals surface area (Å²) in [5.74, 6) is 1.50. The summed E-state index contributed by atoms with van der Waals surface area (Å²) in [7, 11) is 0. The van der Waals surface area contributed by atoms with Crippen molar-refractivity contribution in [3.8, 4) is 0 Å². The molecule has 0 aromatic carbocycles. The van der Waals surface area contributed by atoms with Crippen LogP contribution in [0.5, 0.6) is 0 Å². The Hall–Kier alpha value is -2.54. The van der Waals surface area contributed by atoms with Crippen LogP contribution in [0.3, 0.4) is 0 Å². The first kappa shape index (κ1) is 16.0. The van der Waals surface area contributed by atoms with Crippen LogP contribution in [0.4, 0.5) is 0 Å². The van der Waals surface area contributed by atoms with Gasteiger partial charge in [-0.3, -0.25) is 18.7 Å². The smallest absolute Gasteiger partial charge is 0.256 e. The van der Waals surface area contributed by atoms with Crippen LogP contribution in [0, 0.1) is 12.8 Å². The lowest BCUT2D eigenvalue weighted by molar-refractivity contribution is 0.162. The molecule has 0 saturated carbocycles. The van der Waals surface area contributed by atoms with Gasteiger partial charge in [-0.05, 0) is 50.9 Å². The van der Waals surface area contributed by atoms with Crippen molar-refractivity contribution in [3.63, 3.8) is 0 Å². The van der Waals surface area contributed by atoms with E-state index in [0.29, 0.717) is 11.5 Å². The lowest BCUT2D eigenvalue weighted by atomic mass is 9.96. The van der Waals surface area contributed by atoms with Crippen LogP contribution in [0.1, 0.15) is 24.2 Å². The number of aromatic nitrogens is 5. The van der Waals surface area contributed by atoms with Crippen LogP contribution in [0.2, 0.25) is 0 Å². The first-order valence-corrected chi connectivity index (χ1v) is 8.73. The molecule has 0 atom stereocenters. The largest absolute Gasteiger partial charge is 0.299 e. The maximum absolute atomic E-state index is 12.1. The fourth-order valence-electron chi connectivity index (χ4n) is 3.49. The molecule has 0 amide bonds. The molecule has 130 valence electrons. The maximum atomic E-state index is 12.1. The summed E-state index contributed by atoms with van der Waals surface area (Å²) >= 11 is 0. The van der Waals surface area contributed by atoms with E-state index in [9.17, 15) is 4.79 Å². The Balaban J connectivity index is 1.37. The summed E-state index contributed by atoms with van der Waals surface area (Å²) in [4.78, 5) is 18.7. The Morgan fingerprint density at radius 2 is 2.04 bits per heavy atom. The minimum atomic E-state index is 0.0763. The molecule has 0 radical (unpaired) electrons. The second-order valence-corrected chi connectivity index (χ2v) is 6.80. The molecule has 0 aliphatic carbocycles. The predicted molar refractivity (Wildman–Crippen MR) is 94.2 cm³/mol. The fourth-order valence-corrected chi connectivity index (χ4v) is 3.49. The number of aryl methyl sites for hydroxylation is 1. The molecular weight excluding hydrogens is 316 g/mol. The Morgan fingerprint density at radius 3 is 2.88 bits per heavy atom. The number of nitrogens with zero attached hydrogens (tertiary/aromatic N) is 6. The summed E-state index contributed by atoms with van der Waals surface area (Å²) in [6.07, 6.45) is 7.46. The molecule has 0 bridgehead atoms. The van der Waals surface area contributed by atoms with Gasteiger partial charge < -0.3 is 0 Å². The SMILES string of the molecule is Cc1cncn(CC2CCN(Cc3nnc4ccccn34)CC2)c1=O. The van der Waals surface area contributed by atoms with Crippen LogP contribution in [-0.2, 0) is 13.1 Å². The number of likely N-dealkylation sites (tertiary alicyclic amines) is 1. The zero-order chi connectivity index (χ0) is 17.2. The zero-order valence-electron chi connectivity index (χ0n) is 14.4. The molecule has 25 heavy (non-hydrogen) atoms. The molecule has 1 saturated heterocycles. The van der Waals surface area contributed by atoms with E-state index in [1.54, 1.807) is 17.1 Å². The van der Waals surface area contributed by atoms with E-state index in [4.69, 9.17) is 0 Å². The highest BCUT2D eigenvalue weighted by Crippen LogP contribution is 2.20. The standard InChI is InChI=1S/C18H22N6O/c1-14-10-19-13-23(18(14)25)11-15-5-8-22(9-6-15)12-17-21-20-16-4-2-3-7-24(16)17/h2-4,7,10,13,15H,5-6,8-9,11-12H2,1H3. The van der Waals surface area contributed by atoms with Crippen LogP contribution >= 0.6 is 0 Å². The monoisotopic (exact) mass is 338 g/mol. The van der Waals surface area contributed by atoms with E-state index in [-0.39, 0.29) is 5.56 Å². The number of fused-ring (bicyclic) bond motifs is 1. The molecular formula is C18H22N6O. The molecule has 4 heterocycles. The van der Waals surface area contributed by atoms with Gasteiger partial charge in [-0.25, -0.2) is 4.98 Å². The Labute approximate surface area is 145 Å². The van der Waals surface area contributed by atoms with E-state index in [0.717, 1.165) is 50.5 Å². The van der Waals surface area contributed by atoms with Gasteiger partial charge in [-0.1, -0.05) is 6.07 Å². The third-order valence-corrected chi connectivity index (χ3v) is 4.98. The van der Waals surface area contributed by atoms with E-state index in [1.807, 2.05) is 35.7 Å². The van der Waals surface area contributed by atoms with Gasteiger partial charge in [0, 0.05) is 24.5 Å². The Morgan fingerprint density at radius 1 is 1.20 bits per heavy atom. The molecule has 3 aromatic heterocycles. The molecule has 1 aliphatic heterocycles. The number of rotatable bonds is 4. The summed E-state index contributed by atoms with van der Waals surface area (Å²) in [6, 6.07) is 5.94. The summed E-state index contributed by atoms with van der Waals surface area (Å²) in [5, 5.41) is 8.53. The van der Waals surface area contributed by atoms with Crippen LogP contribution in [-0.4, -0.2) is 42.1 Å². The van der Waals surface area contributed by atoms with Gasteiger partial charge in [0.25, 0.3) is 5.56 Å². The third kappa shape index (κ3) is 3.32. The van der Waals surface area contributed by atoms with Gasteiger partial charge in [-0.2, -0.15) is 0 Å².